The van der Waals surface area contributed by atoms with E-state index in [9.17, 15) is 4.79 Å². The fraction of sp³-hybridized carbons (Fsp3) is 0.500. The summed E-state index contributed by atoms with van der Waals surface area (Å²) < 4.78 is 5.45. The zero-order valence-corrected chi connectivity index (χ0v) is 10.3. The SMILES string of the molecule is CC(C)OC(C)C(=O)CCc1ccccc1. The van der Waals surface area contributed by atoms with Gasteiger partial charge in [0, 0.05) is 6.42 Å². The summed E-state index contributed by atoms with van der Waals surface area (Å²) in [6, 6.07) is 10.1. The van der Waals surface area contributed by atoms with Gasteiger partial charge in [-0.1, -0.05) is 30.3 Å². The summed E-state index contributed by atoms with van der Waals surface area (Å²) in [5.41, 5.74) is 1.20. The molecule has 1 atom stereocenters. The Morgan fingerprint density at radius 2 is 1.81 bits per heavy atom. The zero-order chi connectivity index (χ0) is 12.0. The minimum Gasteiger partial charge on any atom is -0.368 e. The van der Waals surface area contributed by atoms with Crippen LogP contribution in [0, 0.1) is 0 Å². The molecule has 88 valence electrons. The number of Topliss-reactive ketones (excluding diaryl/α,β-unsaturated/α-hetero) is 1. The molecule has 0 aliphatic rings. The van der Waals surface area contributed by atoms with Crippen LogP contribution in [-0.4, -0.2) is 18.0 Å². The second-order valence-corrected chi connectivity index (χ2v) is 4.28. The molecule has 0 aromatic heterocycles. The number of ether oxygens (including phenoxy) is 1. The van der Waals surface area contributed by atoms with E-state index in [-0.39, 0.29) is 18.0 Å². The minimum atomic E-state index is -0.288. The van der Waals surface area contributed by atoms with Crippen molar-refractivity contribution in [1.82, 2.24) is 0 Å². The largest absolute Gasteiger partial charge is 0.368 e. The van der Waals surface area contributed by atoms with Crippen molar-refractivity contribution in [3.05, 3.63) is 35.9 Å². The maximum Gasteiger partial charge on any atom is 0.161 e. The lowest BCUT2D eigenvalue weighted by Gasteiger charge is -2.14. The number of ketones is 1. The highest BCUT2D eigenvalue weighted by atomic mass is 16.5. The fourth-order valence-corrected chi connectivity index (χ4v) is 1.60. The molecule has 0 bridgehead atoms. The van der Waals surface area contributed by atoms with Crippen molar-refractivity contribution in [2.75, 3.05) is 0 Å². The first-order valence-corrected chi connectivity index (χ1v) is 5.81. The normalized spacial score (nSPS) is 12.8. The Morgan fingerprint density at radius 3 is 2.38 bits per heavy atom. The van der Waals surface area contributed by atoms with E-state index < -0.39 is 0 Å². The number of benzene rings is 1. The molecule has 0 aliphatic carbocycles. The van der Waals surface area contributed by atoms with E-state index in [1.54, 1.807) is 0 Å². The summed E-state index contributed by atoms with van der Waals surface area (Å²) in [7, 11) is 0. The summed E-state index contributed by atoms with van der Waals surface area (Å²) >= 11 is 0. The molecule has 0 fully saturated rings. The van der Waals surface area contributed by atoms with Crippen molar-refractivity contribution in [2.24, 2.45) is 0 Å². The third kappa shape index (κ3) is 4.58. The van der Waals surface area contributed by atoms with Crippen LogP contribution in [0.2, 0.25) is 0 Å². The quantitative estimate of drug-likeness (QED) is 0.736. The zero-order valence-electron chi connectivity index (χ0n) is 10.3. The summed E-state index contributed by atoms with van der Waals surface area (Å²) in [6.45, 7) is 5.72. The Morgan fingerprint density at radius 1 is 1.19 bits per heavy atom. The molecule has 1 unspecified atom stereocenters. The lowest BCUT2D eigenvalue weighted by Crippen LogP contribution is -2.24. The first kappa shape index (κ1) is 12.9. The Hall–Kier alpha value is -1.15. The number of carbonyl (C=O) groups is 1. The highest BCUT2D eigenvalue weighted by molar-refractivity contribution is 5.82. The molecular weight excluding hydrogens is 200 g/mol. The van der Waals surface area contributed by atoms with Crippen LogP contribution >= 0.6 is 0 Å². The van der Waals surface area contributed by atoms with Crippen LogP contribution in [-0.2, 0) is 16.0 Å². The van der Waals surface area contributed by atoms with Gasteiger partial charge in [0.05, 0.1) is 6.10 Å². The molecule has 0 aliphatic heterocycles. The molecule has 16 heavy (non-hydrogen) atoms. The highest BCUT2D eigenvalue weighted by Gasteiger charge is 2.14. The van der Waals surface area contributed by atoms with Gasteiger partial charge in [-0.15, -0.1) is 0 Å². The fourth-order valence-electron chi connectivity index (χ4n) is 1.60. The number of rotatable bonds is 6. The van der Waals surface area contributed by atoms with Crippen LogP contribution in [0.5, 0.6) is 0 Å². The van der Waals surface area contributed by atoms with Crippen molar-refractivity contribution in [3.63, 3.8) is 0 Å². The number of hydrogen-bond acceptors (Lipinski definition) is 2. The van der Waals surface area contributed by atoms with Crippen LogP contribution in [0.1, 0.15) is 32.8 Å². The second-order valence-electron chi connectivity index (χ2n) is 4.28. The van der Waals surface area contributed by atoms with Crippen molar-refractivity contribution >= 4 is 5.78 Å². The number of carbonyl (C=O) groups excluding carboxylic acids is 1. The molecule has 0 saturated heterocycles. The maximum absolute atomic E-state index is 11.7. The van der Waals surface area contributed by atoms with Gasteiger partial charge in [0.25, 0.3) is 0 Å². The first-order chi connectivity index (χ1) is 7.59. The van der Waals surface area contributed by atoms with E-state index in [0.717, 1.165) is 6.42 Å². The van der Waals surface area contributed by atoms with Crippen LogP contribution in [0.15, 0.2) is 30.3 Å². The standard InChI is InChI=1S/C14H20O2/c1-11(2)16-12(3)14(15)10-9-13-7-5-4-6-8-13/h4-8,11-12H,9-10H2,1-3H3. The van der Waals surface area contributed by atoms with E-state index in [2.05, 4.69) is 0 Å². The Labute approximate surface area is 97.6 Å². The van der Waals surface area contributed by atoms with Crippen LogP contribution in [0.4, 0.5) is 0 Å². The summed E-state index contributed by atoms with van der Waals surface area (Å²) in [4.78, 5) is 11.7. The van der Waals surface area contributed by atoms with Gasteiger partial charge >= 0.3 is 0 Å². The molecule has 0 spiro atoms. The minimum absolute atomic E-state index is 0.107. The van der Waals surface area contributed by atoms with Gasteiger partial charge in [0.15, 0.2) is 5.78 Å². The molecule has 2 nitrogen and oxygen atoms in total. The van der Waals surface area contributed by atoms with Gasteiger partial charge in [0.1, 0.15) is 6.10 Å². The monoisotopic (exact) mass is 220 g/mol. The highest BCUT2D eigenvalue weighted by Crippen LogP contribution is 2.07. The van der Waals surface area contributed by atoms with E-state index >= 15 is 0 Å². The number of hydrogen-bond donors (Lipinski definition) is 0. The topological polar surface area (TPSA) is 26.3 Å². The third-order valence-electron chi connectivity index (χ3n) is 2.43. The van der Waals surface area contributed by atoms with Gasteiger partial charge in [-0.25, -0.2) is 0 Å². The van der Waals surface area contributed by atoms with E-state index in [1.807, 2.05) is 51.1 Å². The predicted molar refractivity (Wildman–Crippen MR) is 65.5 cm³/mol. The van der Waals surface area contributed by atoms with E-state index in [1.165, 1.54) is 5.56 Å². The first-order valence-electron chi connectivity index (χ1n) is 5.81. The molecule has 0 radical (unpaired) electrons. The van der Waals surface area contributed by atoms with E-state index in [4.69, 9.17) is 4.74 Å². The summed E-state index contributed by atoms with van der Waals surface area (Å²) in [6.07, 6.45) is 1.17. The molecule has 1 aromatic carbocycles. The molecule has 2 heteroatoms. The number of aryl methyl sites for hydroxylation is 1. The third-order valence-corrected chi connectivity index (χ3v) is 2.43. The molecular formula is C14H20O2. The Kier molecular flexibility index (Phi) is 5.20. The molecule has 1 aromatic rings. The molecule has 0 saturated carbocycles. The molecule has 0 heterocycles. The second kappa shape index (κ2) is 6.44. The van der Waals surface area contributed by atoms with Crippen molar-refractivity contribution in [2.45, 2.75) is 45.8 Å². The summed E-state index contributed by atoms with van der Waals surface area (Å²) in [5, 5.41) is 0. The maximum atomic E-state index is 11.7. The van der Waals surface area contributed by atoms with Gasteiger partial charge in [-0.3, -0.25) is 4.79 Å². The molecule has 0 N–H and O–H groups in total. The van der Waals surface area contributed by atoms with Gasteiger partial charge in [-0.05, 0) is 32.8 Å². The summed E-state index contributed by atoms with van der Waals surface area (Å²) in [5.74, 6) is 0.178. The average Bonchev–Trinajstić information content (AvgIpc) is 2.26. The smallest absolute Gasteiger partial charge is 0.161 e. The molecule has 1 rings (SSSR count). The van der Waals surface area contributed by atoms with E-state index in [0.29, 0.717) is 6.42 Å². The van der Waals surface area contributed by atoms with Crippen molar-refractivity contribution < 1.29 is 9.53 Å². The van der Waals surface area contributed by atoms with Crippen LogP contribution in [0.3, 0.4) is 0 Å². The van der Waals surface area contributed by atoms with Crippen molar-refractivity contribution in [3.8, 4) is 0 Å². The average molecular weight is 220 g/mol. The van der Waals surface area contributed by atoms with Crippen molar-refractivity contribution in [1.29, 1.82) is 0 Å². The predicted octanol–water partition coefficient (Wildman–Crippen LogP) is 3.00. The van der Waals surface area contributed by atoms with Gasteiger partial charge < -0.3 is 4.74 Å². The lowest BCUT2D eigenvalue weighted by molar-refractivity contribution is -0.131. The Bertz CT molecular complexity index is 317. The Balaban J connectivity index is 2.35. The van der Waals surface area contributed by atoms with Gasteiger partial charge in [-0.2, -0.15) is 0 Å². The van der Waals surface area contributed by atoms with Crippen LogP contribution < -0.4 is 0 Å². The lowest BCUT2D eigenvalue weighted by atomic mass is 10.1. The van der Waals surface area contributed by atoms with Crippen LogP contribution in [0.25, 0.3) is 0 Å². The molecule has 0 amide bonds. The van der Waals surface area contributed by atoms with Gasteiger partial charge in [0.2, 0.25) is 0 Å².